The summed E-state index contributed by atoms with van der Waals surface area (Å²) in [5, 5.41) is 50.4. The van der Waals surface area contributed by atoms with Crippen molar-refractivity contribution in [2.75, 3.05) is 119 Å². The van der Waals surface area contributed by atoms with Gasteiger partial charge in [0.1, 0.15) is 44.9 Å². The number of rotatable bonds is 15. The molecule has 21 nitrogen and oxygen atoms in total. The van der Waals surface area contributed by atoms with Gasteiger partial charge in [0.2, 0.25) is 0 Å². The first-order valence-electron chi connectivity index (χ1n) is 30.0. The van der Waals surface area contributed by atoms with E-state index in [1.165, 1.54) is 34.0 Å². The van der Waals surface area contributed by atoms with Crippen molar-refractivity contribution < 1.29 is 0 Å². The van der Waals surface area contributed by atoms with E-state index in [0.717, 1.165) is 189 Å². The van der Waals surface area contributed by atoms with Gasteiger partial charge in [-0.15, -0.1) is 64.6 Å². The molecular formula is C63H66Cl3N21S3. The lowest BCUT2D eigenvalue weighted by Crippen LogP contribution is -2.45. The van der Waals surface area contributed by atoms with E-state index in [9.17, 15) is 0 Å². The number of benzene rings is 3. The summed E-state index contributed by atoms with van der Waals surface area (Å²) >= 11 is 25.1. The topological polar surface area (TPSA) is 189 Å². The lowest BCUT2D eigenvalue weighted by molar-refractivity contribution is 0.149. The fraction of sp³-hybridized carbons (Fsp3) is 0.333. The predicted molar refractivity (Wildman–Crippen MR) is 362 cm³/mol. The molecular weight excluding hydrogens is 1250 g/mol. The van der Waals surface area contributed by atoms with Gasteiger partial charge in [-0.05, 0) is 21.1 Å². The van der Waals surface area contributed by atoms with E-state index in [2.05, 4.69) is 108 Å². The van der Waals surface area contributed by atoms with E-state index in [-0.39, 0.29) is 0 Å². The highest BCUT2D eigenvalue weighted by Gasteiger charge is 2.27. The van der Waals surface area contributed by atoms with E-state index in [1.807, 2.05) is 104 Å². The highest BCUT2D eigenvalue weighted by Crippen LogP contribution is 2.41. The van der Waals surface area contributed by atoms with Crippen LogP contribution < -0.4 is 0 Å². The van der Waals surface area contributed by atoms with Crippen LogP contribution in [0.3, 0.4) is 0 Å². The third kappa shape index (κ3) is 13.7. The number of piperazine rings is 3. The van der Waals surface area contributed by atoms with Gasteiger partial charge in [0.15, 0.2) is 16.9 Å². The van der Waals surface area contributed by atoms with Crippen LogP contribution in [0.4, 0.5) is 0 Å². The van der Waals surface area contributed by atoms with Crippen molar-refractivity contribution in [2.45, 2.75) is 19.6 Å². The molecule has 3 aromatic carbocycles. The largest absolute Gasteiger partial charge is 0.304 e. The maximum atomic E-state index is 6.87. The molecule has 462 valence electrons. The number of fused-ring (bicyclic) bond motifs is 3. The van der Waals surface area contributed by atoms with Crippen molar-refractivity contribution in [1.82, 2.24) is 104 Å². The zero-order valence-corrected chi connectivity index (χ0v) is 54.8. The fourth-order valence-electron chi connectivity index (χ4n) is 11.3. The van der Waals surface area contributed by atoms with E-state index in [1.54, 1.807) is 23.4 Å². The van der Waals surface area contributed by atoms with Gasteiger partial charge < -0.3 is 14.7 Å². The second kappa shape index (κ2) is 28.6. The molecule has 0 bridgehead atoms. The van der Waals surface area contributed by atoms with Gasteiger partial charge in [-0.2, -0.15) is 15.3 Å². The Bertz CT molecular complexity index is 3840. The molecule has 27 heteroatoms. The van der Waals surface area contributed by atoms with Crippen LogP contribution in [0.25, 0.3) is 99.5 Å². The molecule has 15 rings (SSSR count). The lowest BCUT2D eigenvalue weighted by atomic mass is 10.1. The second-order valence-corrected chi connectivity index (χ2v) is 26.1. The van der Waals surface area contributed by atoms with Crippen LogP contribution in [0.1, 0.15) is 0 Å². The van der Waals surface area contributed by atoms with Gasteiger partial charge in [-0.25, -0.2) is 24.0 Å². The quantitative estimate of drug-likeness (QED) is 0.0941. The minimum atomic E-state index is 0.551. The molecule has 0 atom stereocenters. The van der Waals surface area contributed by atoms with Crippen LogP contribution in [0.2, 0.25) is 15.1 Å². The van der Waals surface area contributed by atoms with Gasteiger partial charge in [-0.3, -0.25) is 19.7 Å². The standard InChI is InChI=1S/3C21H22ClN7S/c1-27-8-10-28(11-9-27)12-13-29-20-16(18(26-29)15-5-3-2-4-6-15)17(22)19(24-25-20)21-23-7-14-30-21;1-27-7-9-28(10-8-27)11-12-29-21-17(19(26-29)15-5-3-2-4-6-15)18(22)20(24-25-21)16-13-30-14-23-16;1-27-7-9-28(10-8-27)11-12-29-21-17(19(26-29)15-5-3-2-4-6-15)18(22)20(24-25-21)16-13-23-14-30-16/h2-7,14H,8-13H2,1H3;2*2-6,13-14H,7-12H2,1H3. The Morgan fingerprint density at radius 1 is 0.411 bits per heavy atom. The van der Waals surface area contributed by atoms with Gasteiger partial charge in [-0.1, -0.05) is 126 Å². The number of aromatic nitrogens is 15. The van der Waals surface area contributed by atoms with E-state index < -0.39 is 0 Å². The maximum Gasteiger partial charge on any atom is 0.182 e. The zero-order valence-electron chi connectivity index (χ0n) is 50.1. The fourth-order valence-corrected chi connectivity index (χ4v) is 14.1. The van der Waals surface area contributed by atoms with E-state index in [0.29, 0.717) is 43.4 Å². The predicted octanol–water partition coefficient (Wildman–Crippen LogP) is 10.6. The zero-order chi connectivity index (χ0) is 61.5. The SMILES string of the molecule is CN1CCN(CCn2nc(-c3ccccc3)c3c(Cl)c(-c4cncs4)nnc32)CC1.CN1CCN(CCn2nc(-c3ccccc3)c3c(Cl)c(-c4cscn4)nnc32)CC1.CN1CCN(CCn2nc(-c3ccccc3)c3c(Cl)c(-c4nccs4)nnc32)CC1. The average molecular weight is 1320 g/mol. The summed E-state index contributed by atoms with van der Waals surface area (Å²) in [6.07, 6.45) is 3.52. The molecule has 12 aromatic rings. The third-order valence-electron chi connectivity index (χ3n) is 16.6. The Hall–Kier alpha value is -7.17. The van der Waals surface area contributed by atoms with Gasteiger partial charge in [0.05, 0.1) is 66.8 Å². The Labute approximate surface area is 548 Å². The molecule has 0 saturated carbocycles. The molecule has 0 spiro atoms. The molecule has 0 radical (unpaired) electrons. The summed E-state index contributed by atoms with van der Waals surface area (Å²) in [5.41, 5.74) is 13.9. The molecule has 9 aromatic heterocycles. The second-order valence-electron chi connectivity index (χ2n) is 22.5. The molecule has 3 saturated heterocycles. The minimum absolute atomic E-state index is 0.551. The molecule has 0 aliphatic carbocycles. The van der Waals surface area contributed by atoms with Crippen molar-refractivity contribution >= 4 is 102 Å². The number of halogens is 3. The summed E-state index contributed by atoms with van der Waals surface area (Å²) in [6.45, 7) is 18.0. The van der Waals surface area contributed by atoms with Crippen molar-refractivity contribution in [3.05, 3.63) is 140 Å². The maximum absolute atomic E-state index is 6.87. The first kappa shape index (κ1) is 61.7. The van der Waals surface area contributed by atoms with Crippen molar-refractivity contribution in [2.24, 2.45) is 0 Å². The van der Waals surface area contributed by atoms with Gasteiger partial charge in [0.25, 0.3) is 0 Å². The van der Waals surface area contributed by atoms with E-state index >= 15 is 0 Å². The normalized spacial score (nSPS) is 15.8. The number of likely N-dealkylation sites (N-methyl/N-ethyl adjacent to an activating group) is 3. The van der Waals surface area contributed by atoms with Gasteiger partial charge in [0, 0.05) is 138 Å². The Kier molecular flexibility index (Phi) is 19.6. The van der Waals surface area contributed by atoms with E-state index in [4.69, 9.17) is 50.1 Å². The summed E-state index contributed by atoms with van der Waals surface area (Å²) in [7, 11) is 6.51. The number of hydrogen-bond acceptors (Lipinski definition) is 21. The van der Waals surface area contributed by atoms with Crippen LogP contribution in [0.15, 0.2) is 125 Å². The molecule has 0 amide bonds. The monoisotopic (exact) mass is 1320 g/mol. The molecule has 12 heterocycles. The van der Waals surface area contributed by atoms with Crippen LogP contribution in [0, 0.1) is 0 Å². The highest BCUT2D eigenvalue weighted by molar-refractivity contribution is 7.13. The number of hydrogen-bond donors (Lipinski definition) is 0. The van der Waals surface area contributed by atoms with Crippen LogP contribution in [-0.2, 0) is 19.6 Å². The molecule has 90 heavy (non-hydrogen) atoms. The van der Waals surface area contributed by atoms with Crippen molar-refractivity contribution in [3.63, 3.8) is 0 Å². The smallest absolute Gasteiger partial charge is 0.182 e. The molecule has 0 unspecified atom stereocenters. The summed E-state index contributed by atoms with van der Waals surface area (Å²) < 4.78 is 5.84. The first-order chi connectivity index (χ1) is 44.1. The molecule has 0 N–H and O–H groups in total. The molecule has 3 aliphatic heterocycles. The average Bonchev–Trinajstić information content (AvgIpc) is 1.72. The van der Waals surface area contributed by atoms with Crippen molar-refractivity contribution in [3.8, 4) is 66.4 Å². The van der Waals surface area contributed by atoms with Crippen molar-refractivity contribution in [1.29, 1.82) is 0 Å². The summed E-state index contributed by atoms with van der Waals surface area (Å²) in [4.78, 5) is 28.3. The van der Waals surface area contributed by atoms with Gasteiger partial charge >= 0.3 is 0 Å². The molecule has 3 aliphatic rings. The summed E-state index contributed by atoms with van der Waals surface area (Å²) in [6, 6.07) is 30.3. The third-order valence-corrected chi connectivity index (χ3v) is 19.8. The van der Waals surface area contributed by atoms with Crippen LogP contribution in [0.5, 0.6) is 0 Å². The first-order valence-corrected chi connectivity index (χ1v) is 33.8. The lowest BCUT2D eigenvalue weighted by Gasteiger charge is -2.32. The number of nitrogens with zero attached hydrogens (tertiary/aromatic N) is 21. The number of thiazole rings is 3. The molecule has 3 fully saturated rings. The summed E-state index contributed by atoms with van der Waals surface area (Å²) in [5.74, 6) is 0. The highest BCUT2D eigenvalue weighted by atomic mass is 35.5. The van der Waals surface area contributed by atoms with Crippen LogP contribution in [-0.4, -0.2) is 224 Å². The Morgan fingerprint density at radius 2 is 0.811 bits per heavy atom. The minimum Gasteiger partial charge on any atom is -0.304 e. The Balaban J connectivity index is 0.000000124. The Morgan fingerprint density at radius 3 is 1.19 bits per heavy atom. The van der Waals surface area contributed by atoms with Crippen LogP contribution >= 0.6 is 68.8 Å².